The molecule has 17 heavy (non-hydrogen) atoms. The lowest BCUT2D eigenvalue weighted by Gasteiger charge is -2.43. The number of nitrogens with one attached hydrogen (secondary N) is 1. The predicted molar refractivity (Wildman–Crippen MR) is 70.4 cm³/mol. The molecular weight excluding hydrogens is 216 g/mol. The molecule has 0 amide bonds. The maximum Gasteiger partial charge on any atom is 0.0777 e. The molecule has 1 aliphatic rings. The first-order valence-electron chi connectivity index (χ1n) is 6.64. The molecule has 102 valence electrons. The third kappa shape index (κ3) is 4.54. The summed E-state index contributed by atoms with van der Waals surface area (Å²) in [5.74, 6) is 0. The second kappa shape index (κ2) is 7.31. The minimum Gasteiger partial charge on any atom is -0.383 e. The molecule has 1 aliphatic heterocycles. The van der Waals surface area contributed by atoms with Crippen LogP contribution in [-0.4, -0.2) is 63.5 Å². The Morgan fingerprint density at radius 3 is 2.76 bits per heavy atom. The summed E-state index contributed by atoms with van der Waals surface area (Å²) in [7, 11) is 3.59. The van der Waals surface area contributed by atoms with Gasteiger partial charge in [0.2, 0.25) is 0 Å². The Balaban J connectivity index is 2.53. The molecular formula is C13H28N2O2. The van der Waals surface area contributed by atoms with Gasteiger partial charge in [-0.25, -0.2) is 0 Å². The first-order chi connectivity index (χ1) is 8.15. The van der Waals surface area contributed by atoms with Crippen LogP contribution in [0, 0.1) is 0 Å². The number of likely N-dealkylation sites (tertiary alicyclic amines) is 1. The van der Waals surface area contributed by atoms with E-state index >= 15 is 0 Å². The van der Waals surface area contributed by atoms with E-state index in [4.69, 9.17) is 9.47 Å². The maximum atomic E-state index is 5.64. The lowest BCUT2D eigenvalue weighted by Crippen LogP contribution is -2.55. The summed E-state index contributed by atoms with van der Waals surface area (Å²) < 4.78 is 11.0. The molecule has 2 atom stereocenters. The predicted octanol–water partition coefficient (Wildman–Crippen LogP) is 1.11. The van der Waals surface area contributed by atoms with Crippen molar-refractivity contribution in [3.05, 3.63) is 0 Å². The lowest BCUT2D eigenvalue weighted by atomic mass is 9.93. The Labute approximate surface area is 106 Å². The zero-order chi connectivity index (χ0) is 12.7. The lowest BCUT2D eigenvalue weighted by molar-refractivity contribution is -0.0678. The van der Waals surface area contributed by atoms with Crippen LogP contribution < -0.4 is 5.32 Å². The van der Waals surface area contributed by atoms with Crippen molar-refractivity contribution in [3.8, 4) is 0 Å². The van der Waals surface area contributed by atoms with Gasteiger partial charge in [-0.1, -0.05) is 6.92 Å². The van der Waals surface area contributed by atoms with Gasteiger partial charge >= 0.3 is 0 Å². The number of hydrogen-bond donors (Lipinski definition) is 1. The zero-order valence-corrected chi connectivity index (χ0v) is 11.8. The van der Waals surface area contributed by atoms with Crippen LogP contribution in [-0.2, 0) is 9.47 Å². The first-order valence-corrected chi connectivity index (χ1v) is 6.64. The summed E-state index contributed by atoms with van der Waals surface area (Å²) >= 11 is 0. The van der Waals surface area contributed by atoms with E-state index in [0.29, 0.717) is 6.04 Å². The molecule has 0 saturated carbocycles. The van der Waals surface area contributed by atoms with Crippen LogP contribution in [0.1, 0.15) is 26.7 Å². The smallest absolute Gasteiger partial charge is 0.0777 e. The van der Waals surface area contributed by atoms with Gasteiger partial charge in [-0.05, 0) is 32.9 Å². The fraction of sp³-hybridized carbons (Fsp3) is 1.00. The van der Waals surface area contributed by atoms with Crippen LogP contribution in [0.2, 0.25) is 0 Å². The van der Waals surface area contributed by atoms with Crippen molar-refractivity contribution in [2.75, 3.05) is 47.0 Å². The summed E-state index contributed by atoms with van der Waals surface area (Å²) in [6, 6.07) is 0.453. The number of likely N-dealkylation sites (N-methyl/N-ethyl adjacent to an activating group) is 1. The van der Waals surface area contributed by atoms with Crippen molar-refractivity contribution in [3.63, 3.8) is 0 Å². The summed E-state index contributed by atoms with van der Waals surface area (Å²) in [6.07, 6.45) is 2.36. The Morgan fingerprint density at radius 2 is 2.18 bits per heavy atom. The molecule has 0 spiro atoms. The number of ether oxygens (including phenoxy) is 2. The highest BCUT2D eigenvalue weighted by Crippen LogP contribution is 2.25. The maximum absolute atomic E-state index is 5.64. The van der Waals surface area contributed by atoms with Crippen LogP contribution in [0.4, 0.5) is 0 Å². The van der Waals surface area contributed by atoms with E-state index in [1.165, 1.54) is 6.42 Å². The van der Waals surface area contributed by atoms with Crippen LogP contribution in [0.15, 0.2) is 0 Å². The van der Waals surface area contributed by atoms with Gasteiger partial charge in [-0.2, -0.15) is 0 Å². The molecule has 0 aromatic rings. The second-order valence-electron chi connectivity index (χ2n) is 5.14. The molecule has 1 N–H and O–H groups in total. The van der Waals surface area contributed by atoms with Gasteiger partial charge in [0.25, 0.3) is 0 Å². The quantitative estimate of drug-likeness (QED) is 0.727. The molecule has 0 aromatic carbocycles. The highest BCUT2D eigenvalue weighted by atomic mass is 16.5. The SMILES string of the molecule is CCNCC(COC)N1CCCC(C)(OC)C1. The fourth-order valence-corrected chi connectivity index (χ4v) is 2.52. The standard InChI is InChI=1S/C13H28N2O2/c1-5-14-9-12(10-16-3)15-8-6-7-13(2,11-15)17-4/h12,14H,5-11H2,1-4H3. The molecule has 0 aromatic heterocycles. The van der Waals surface area contributed by atoms with E-state index in [9.17, 15) is 0 Å². The number of methoxy groups -OCH3 is 2. The van der Waals surface area contributed by atoms with Crippen LogP contribution >= 0.6 is 0 Å². The second-order valence-corrected chi connectivity index (χ2v) is 5.14. The normalized spacial score (nSPS) is 28.2. The summed E-state index contributed by atoms with van der Waals surface area (Å²) in [5, 5.41) is 3.41. The molecule has 1 rings (SSSR count). The van der Waals surface area contributed by atoms with Crippen molar-refractivity contribution in [2.45, 2.75) is 38.3 Å². The number of nitrogens with zero attached hydrogens (tertiary/aromatic N) is 1. The molecule has 0 bridgehead atoms. The van der Waals surface area contributed by atoms with Gasteiger partial charge in [0.1, 0.15) is 0 Å². The van der Waals surface area contributed by atoms with E-state index < -0.39 is 0 Å². The van der Waals surface area contributed by atoms with E-state index in [0.717, 1.165) is 39.2 Å². The van der Waals surface area contributed by atoms with Crippen LogP contribution in [0.5, 0.6) is 0 Å². The highest BCUT2D eigenvalue weighted by Gasteiger charge is 2.33. The Kier molecular flexibility index (Phi) is 6.41. The molecule has 1 saturated heterocycles. The summed E-state index contributed by atoms with van der Waals surface area (Å²) in [5.41, 5.74) is 0.0104. The van der Waals surface area contributed by atoms with Gasteiger partial charge in [0.15, 0.2) is 0 Å². The average molecular weight is 244 g/mol. The third-order valence-electron chi connectivity index (χ3n) is 3.69. The average Bonchev–Trinajstić information content (AvgIpc) is 2.34. The Morgan fingerprint density at radius 1 is 1.41 bits per heavy atom. The fourth-order valence-electron chi connectivity index (χ4n) is 2.52. The Bertz CT molecular complexity index is 214. The van der Waals surface area contributed by atoms with Crippen molar-refractivity contribution in [1.82, 2.24) is 10.2 Å². The molecule has 0 aliphatic carbocycles. The number of piperidine rings is 1. The first kappa shape index (κ1) is 14.9. The summed E-state index contributed by atoms with van der Waals surface area (Å²) in [4.78, 5) is 2.50. The topological polar surface area (TPSA) is 33.7 Å². The van der Waals surface area contributed by atoms with Crippen LogP contribution in [0.3, 0.4) is 0 Å². The number of hydrogen-bond acceptors (Lipinski definition) is 4. The van der Waals surface area contributed by atoms with Crippen molar-refractivity contribution in [1.29, 1.82) is 0 Å². The summed E-state index contributed by atoms with van der Waals surface area (Å²) in [6.45, 7) is 9.28. The van der Waals surface area contributed by atoms with Crippen molar-refractivity contribution >= 4 is 0 Å². The highest BCUT2D eigenvalue weighted by molar-refractivity contribution is 4.88. The number of rotatable bonds is 7. The molecule has 1 fully saturated rings. The van der Waals surface area contributed by atoms with Gasteiger partial charge in [0, 0.05) is 33.4 Å². The molecule has 0 radical (unpaired) electrons. The van der Waals surface area contributed by atoms with Crippen LogP contribution in [0.25, 0.3) is 0 Å². The van der Waals surface area contributed by atoms with Gasteiger partial charge < -0.3 is 14.8 Å². The van der Waals surface area contributed by atoms with Crippen molar-refractivity contribution in [2.24, 2.45) is 0 Å². The van der Waals surface area contributed by atoms with E-state index in [-0.39, 0.29) is 5.60 Å². The minimum absolute atomic E-state index is 0.0104. The van der Waals surface area contributed by atoms with Crippen molar-refractivity contribution < 1.29 is 9.47 Å². The molecule has 4 heteroatoms. The largest absolute Gasteiger partial charge is 0.383 e. The monoisotopic (exact) mass is 244 g/mol. The van der Waals surface area contributed by atoms with Gasteiger partial charge in [-0.15, -0.1) is 0 Å². The third-order valence-corrected chi connectivity index (χ3v) is 3.69. The molecule has 4 nitrogen and oxygen atoms in total. The molecule has 1 heterocycles. The minimum atomic E-state index is 0.0104. The van der Waals surface area contributed by atoms with E-state index in [2.05, 4.69) is 24.1 Å². The van der Waals surface area contributed by atoms with E-state index in [1.807, 2.05) is 7.11 Å². The Hall–Kier alpha value is -0.160. The zero-order valence-electron chi connectivity index (χ0n) is 11.8. The molecule has 2 unspecified atom stereocenters. The van der Waals surface area contributed by atoms with Gasteiger partial charge in [-0.3, -0.25) is 4.90 Å². The van der Waals surface area contributed by atoms with E-state index in [1.54, 1.807) is 7.11 Å². The van der Waals surface area contributed by atoms with Gasteiger partial charge in [0.05, 0.1) is 12.2 Å².